The number of rotatable bonds is 9. The lowest BCUT2D eigenvalue weighted by molar-refractivity contribution is 1.63. The van der Waals surface area contributed by atoms with Gasteiger partial charge in [0.15, 0.2) is 0 Å². The average Bonchev–Trinajstić information content (AvgIpc) is 0.717. The molecule has 0 heteroatoms. The van der Waals surface area contributed by atoms with Crippen LogP contribution < -0.4 is 0 Å². The van der Waals surface area contributed by atoms with Gasteiger partial charge in [-0.25, -0.2) is 0 Å². The van der Waals surface area contributed by atoms with Crippen molar-refractivity contribution in [3.05, 3.63) is 412 Å². The lowest BCUT2D eigenvalue weighted by atomic mass is 9.84. The van der Waals surface area contributed by atoms with Crippen LogP contribution in [-0.4, -0.2) is 0 Å². The molecule has 0 amide bonds. The van der Waals surface area contributed by atoms with E-state index in [1.165, 1.54) is 18.2 Å². The van der Waals surface area contributed by atoms with Crippen LogP contribution >= 0.6 is 0 Å². The molecule has 0 saturated heterocycles. The maximum Gasteiger partial charge on any atom is 0.0629 e. The van der Waals surface area contributed by atoms with Crippen LogP contribution in [0.25, 0.3) is 176 Å². The molecule has 0 radical (unpaired) electrons. The summed E-state index contributed by atoms with van der Waals surface area (Å²) in [6, 6.07) is 43.2. The summed E-state index contributed by atoms with van der Waals surface area (Å²) in [4.78, 5) is 0. The first-order valence-corrected chi connectivity index (χ1v) is 31.7. The summed E-state index contributed by atoms with van der Waals surface area (Å²) in [5.74, 6) is 0. The Hall–Kier alpha value is -13.0. The smallest absolute Gasteiger partial charge is 0.0622 e. The molecule has 19 aromatic carbocycles. The summed E-state index contributed by atoms with van der Waals surface area (Å²) in [5.41, 5.74) is 5.27. The lowest BCUT2D eigenvalue weighted by Crippen LogP contribution is -1.91. The molecule has 0 fully saturated rings. The van der Waals surface area contributed by atoms with Gasteiger partial charge in [0, 0.05) is 0 Å². The molecule has 0 heterocycles. The Balaban J connectivity index is 0.000000141. The van der Waals surface area contributed by atoms with E-state index in [2.05, 4.69) is 0 Å². The highest BCUT2D eigenvalue weighted by Gasteiger charge is 2.21. The van der Waals surface area contributed by atoms with Crippen molar-refractivity contribution in [2.24, 2.45) is 0 Å². The van der Waals surface area contributed by atoms with E-state index < -0.39 is 163 Å². The van der Waals surface area contributed by atoms with Crippen molar-refractivity contribution in [1.29, 1.82) is 0 Å². The van der Waals surface area contributed by atoms with Crippen molar-refractivity contribution in [3.8, 4) is 100 Å². The number of fused-ring (bicyclic) bond motifs is 7. The summed E-state index contributed by atoms with van der Waals surface area (Å²) in [6.07, 6.45) is 0. The highest BCUT2D eigenvalue weighted by Crippen LogP contribution is 2.49. The van der Waals surface area contributed by atoms with Crippen LogP contribution in [0.1, 0.15) is 48.0 Å². The van der Waals surface area contributed by atoms with Gasteiger partial charge in [-0.15, -0.1) is 0 Å². The predicted molar refractivity (Wildman–Crippen MR) is 431 cm³/mol. The molecule has 19 rings (SSSR count). The van der Waals surface area contributed by atoms with Crippen LogP contribution in [0, 0.1) is 0 Å². The van der Waals surface area contributed by atoms with Crippen molar-refractivity contribution in [3.63, 3.8) is 0 Å². The van der Waals surface area contributed by atoms with Gasteiger partial charge in [0.05, 0.1) is 48.0 Å². The third kappa shape index (κ3) is 11.5. The van der Waals surface area contributed by atoms with Crippen molar-refractivity contribution in [2.75, 3.05) is 0 Å². The van der Waals surface area contributed by atoms with Gasteiger partial charge < -0.3 is 0 Å². The highest BCUT2D eigenvalue weighted by molar-refractivity contribution is 6.25. The Kier molecular flexibility index (Phi) is 9.21. The van der Waals surface area contributed by atoms with E-state index in [4.69, 9.17) is 48.0 Å². The van der Waals surface area contributed by atoms with Gasteiger partial charge in [0.2, 0.25) is 0 Å². The molecular formula is C100H68. The molecule has 468 valence electrons. The molecule has 19 aromatic rings. The second-order valence-corrected chi connectivity index (χ2v) is 23.1. The van der Waals surface area contributed by atoms with Crippen LogP contribution in [0.15, 0.2) is 412 Å². The van der Waals surface area contributed by atoms with Gasteiger partial charge in [-0.05, 0) is 194 Å². The van der Waals surface area contributed by atoms with E-state index in [0.29, 0.717) is 76.1 Å². The van der Waals surface area contributed by atoms with E-state index in [9.17, 15) is 0 Å². The quantitative estimate of drug-likeness (QED) is 0.126. The molecular weight excluding hydrogens is 1200 g/mol. The van der Waals surface area contributed by atoms with Crippen LogP contribution in [0.3, 0.4) is 0 Å². The molecule has 0 unspecified atom stereocenters. The summed E-state index contributed by atoms with van der Waals surface area (Å²) >= 11 is 0. The van der Waals surface area contributed by atoms with Gasteiger partial charge in [-0.2, -0.15) is 0 Å². The number of hydrogen-bond donors (Lipinski definition) is 0. The number of hydrogen-bond acceptors (Lipinski definition) is 0. The molecule has 0 N–H and O–H groups in total. The van der Waals surface area contributed by atoms with Crippen molar-refractivity contribution >= 4 is 75.4 Å². The Bertz CT molecular complexity index is 8210. The first-order valence-electron chi connectivity index (χ1n) is 49.2. The van der Waals surface area contributed by atoms with Gasteiger partial charge in [0.1, 0.15) is 0 Å². The molecule has 0 aliphatic heterocycles. The van der Waals surface area contributed by atoms with Crippen LogP contribution in [0.5, 0.6) is 0 Å². The van der Waals surface area contributed by atoms with Crippen molar-refractivity contribution in [1.82, 2.24) is 0 Å². The molecule has 0 spiro atoms. The van der Waals surface area contributed by atoms with Crippen LogP contribution in [0.4, 0.5) is 0 Å². The topological polar surface area (TPSA) is 0 Å². The Morgan fingerprint density at radius 3 is 0.720 bits per heavy atom. The maximum absolute atomic E-state index is 8.91. The Morgan fingerprint density at radius 1 is 0.140 bits per heavy atom. The monoisotopic (exact) mass is 1300 g/mol. The van der Waals surface area contributed by atoms with Gasteiger partial charge in [0.25, 0.3) is 0 Å². The molecule has 0 bridgehead atoms. The van der Waals surface area contributed by atoms with Crippen molar-refractivity contribution in [2.45, 2.75) is 0 Å². The zero-order valence-corrected chi connectivity index (χ0v) is 52.6. The number of benzene rings is 19. The largest absolute Gasteiger partial charge is 0.0629 e. The van der Waals surface area contributed by atoms with Crippen LogP contribution in [-0.2, 0) is 0 Å². The van der Waals surface area contributed by atoms with E-state index >= 15 is 0 Å². The summed E-state index contributed by atoms with van der Waals surface area (Å²) < 4.78 is 297. The Labute approximate surface area is 633 Å². The standard InChI is InChI=1S/C36H24.2C32H22/c1-3-13-26(14-4-1)35-31-19-9-10-20-32(31)36(27-15-5-2-6-16-27)34-24-28(22-23-33(34)35)30-21-11-17-25-12-7-8-18-29(25)30;2*1-4-12-23(13-5-1)26-20-21-29-30(22-26)32(25-16-8-3-9-17-25)28-19-11-10-18-27(28)31(29)24-14-6-2-7-15-24/h1-24H;2*1-22H/i1D,2D,3D,4D,5D,6D,13D,14D,15D,16D;1D,2D,3D,4D,5D,6D,7D,8D,9D,12D,13D,14D,15D,16D,17D;2D,3D,6D,7D,8D,9D,14D,15D,16D,17D. The van der Waals surface area contributed by atoms with E-state index in [1.54, 1.807) is 78.9 Å². The summed E-state index contributed by atoms with van der Waals surface area (Å²) in [5, 5.41) is 7.39. The normalized spacial score (nSPS) is 16.1. The molecule has 0 aromatic heterocycles. The summed E-state index contributed by atoms with van der Waals surface area (Å²) in [6.45, 7) is 0. The highest BCUT2D eigenvalue weighted by atomic mass is 14.2. The molecule has 0 aliphatic carbocycles. The van der Waals surface area contributed by atoms with Gasteiger partial charge in [-0.3, -0.25) is 0 Å². The minimum atomic E-state index is -0.604. The second kappa shape index (κ2) is 27.3. The van der Waals surface area contributed by atoms with Crippen molar-refractivity contribution < 1.29 is 48.0 Å². The Morgan fingerprint density at radius 2 is 0.380 bits per heavy atom. The fourth-order valence-corrected chi connectivity index (χ4v) is 13.4. The molecule has 0 saturated carbocycles. The summed E-state index contributed by atoms with van der Waals surface area (Å²) in [7, 11) is 0. The molecule has 0 nitrogen and oxygen atoms in total. The fourth-order valence-electron chi connectivity index (χ4n) is 13.4. The average molecular weight is 1300 g/mol. The zero-order valence-electron chi connectivity index (χ0n) is 87.6. The van der Waals surface area contributed by atoms with Gasteiger partial charge in [-0.1, -0.05) is 393 Å². The maximum atomic E-state index is 8.91. The lowest BCUT2D eigenvalue weighted by Gasteiger charge is -2.19. The zero-order chi connectivity index (χ0) is 97.0. The SMILES string of the molecule is [2H]c1c([2H])c([2H])c(-c2c3ccccc3c(-c3c([2H])c([2H])c([2H])c([2H])c3[2H])c3cc(-c4cccc5ccccc45)ccc23)c([2H])c1[2H].[2H]c1c([2H])c([2H])c(-c2c3ccccc3c(-c3c([2H])c([2H])c([2H])c([2H])c3[2H])c3cc(-c4ccccc4)ccc23)c([2H])c1[2H].[2H]c1c([2H])c([2H])c(-c2ccc3c(-c4c([2H])c([2H])c([2H])c([2H])c4[2H])c4ccccc4c(-c4c([2H])c([2H])c([2H])c([2H])c4[2H])c3c2)c([2H])c1[2H]. The predicted octanol–water partition coefficient (Wildman–Crippen LogP) is 28.1. The minimum absolute atomic E-state index is 0.0230. The van der Waals surface area contributed by atoms with Crippen LogP contribution in [0.2, 0.25) is 0 Å². The molecule has 0 atom stereocenters. The first kappa shape index (κ1) is 33.8. The fraction of sp³-hybridized carbons (Fsp3) is 0. The third-order valence-corrected chi connectivity index (χ3v) is 17.6. The minimum Gasteiger partial charge on any atom is -0.0622 e. The second-order valence-electron chi connectivity index (χ2n) is 23.1. The van der Waals surface area contributed by atoms with Gasteiger partial charge >= 0.3 is 0 Å². The third-order valence-electron chi connectivity index (χ3n) is 17.6. The molecule has 0 aliphatic rings. The first-order chi connectivity index (χ1) is 64.2. The van der Waals surface area contributed by atoms with E-state index in [0.717, 1.165) is 33.0 Å². The van der Waals surface area contributed by atoms with E-state index in [1.807, 2.05) is 103 Å². The van der Waals surface area contributed by atoms with E-state index in [-0.39, 0.29) is 115 Å². The molecule has 100 heavy (non-hydrogen) atoms.